The molecule has 2 aromatic rings. The third-order valence-electron chi connectivity index (χ3n) is 2.51. The van der Waals surface area contributed by atoms with E-state index >= 15 is 0 Å². The van der Waals surface area contributed by atoms with E-state index in [0.29, 0.717) is 11.6 Å². The van der Waals surface area contributed by atoms with E-state index in [1.165, 1.54) is 0 Å². The zero-order chi connectivity index (χ0) is 14.6. The van der Waals surface area contributed by atoms with Crippen molar-refractivity contribution in [3.8, 4) is 11.6 Å². The van der Waals surface area contributed by atoms with Gasteiger partial charge in [-0.25, -0.2) is 0 Å². The molecule has 5 nitrogen and oxygen atoms in total. The van der Waals surface area contributed by atoms with Crippen molar-refractivity contribution in [1.29, 1.82) is 0 Å². The maximum absolute atomic E-state index is 5.73. The molecule has 20 heavy (non-hydrogen) atoms. The second-order valence-electron chi connectivity index (χ2n) is 5.78. The van der Waals surface area contributed by atoms with Crippen molar-refractivity contribution < 1.29 is 4.74 Å². The largest absolute Gasteiger partial charge is 0.436 e. The first-order valence-electron chi connectivity index (χ1n) is 6.92. The minimum Gasteiger partial charge on any atom is -0.436 e. The number of aromatic nitrogens is 3. The molecule has 0 fully saturated rings. The lowest BCUT2D eigenvalue weighted by Gasteiger charge is -2.21. The number of nitrogens with zero attached hydrogens (tertiary/aromatic N) is 3. The third-order valence-corrected chi connectivity index (χ3v) is 2.51. The summed E-state index contributed by atoms with van der Waals surface area (Å²) in [5.74, 6) is 2.07. The normalized spacial score (nSPS) is 11.4. The minimum absolute atomic E-state index is 0.0301. The molecule has 0 atom stereocenters. The summed E-state index contributed by atoms with van der Waals surface area (Å²) in [7, 11) is 0. The molecule has 108 valence electrons. The van der Waals surface area contributed by atoms with Crippen LogP contribution in [0.15, 0.2) is 30.6 Å². The lowest BCUT2D eigenvalue weighted by molar-refractivity contribution is 0.461. The Kier molecular flexibility index (Phi) is 4.27. The van der Waals surface area contributed by atoms with Gasteiger partial charge >= 0.3 is 0 Å². The average molecular weight is 274 g/mol. The molecule has 0 aliphatic heterocycles. The molecule has 0 aliphatic carbocycles. The number of ether oxygens (including phenoxy) is 1. The van der Waals surface area contributed by atoms with Crippen LogP contribution in [0.5, 0.6) is 11.6 Å². The van der Waals surface area contributed by atoms with Crippen LogP contribution in [0.2, 0.25) is 0 Å². The molecule has 0 spiro atoms. The fourth-order valence-corrected chi connectivity index (χ4v) is 1.79. The lowest BCUT2D eigenvalue weighted by Crippen LogP contribution is -2.26. The standard InChI is InChI=1S/C15H22N4O/c1-5-9-19-11-12(10-16-19)20-14-8-6-7-13(17-14)18-15(2,3)4/h6-8,10-11H,5,9H2,1-4H3,(H,17,18). The topological polar surface area (TPSA) is 52.0 Å². The SMILES string of the molecule is CCCn1cc(Oc2cccc(NC(C)(C)C)n2)cn1. The highest BCUT2D eigenvalue weighted by Crippen LogP contribution is 2.21. The molecular weight excluding hydrogens is 252 g/mol. The van der Waals surface area contributed by atoms with E-state index in [0.717, 1.165) is 18.8 Å². The molecule has 0 saturated carbocycles. The first kappa shape index (κ1) is 14.4. The van der Waals surface area contributed by atoms with Gasteiger partial charge in [0.2, 0.25) is 5.88 Å². The monoisotopic (exact) mass is 274 g/mol. The summed E-state index contributed by atoms with van der Waals surface area (Å²) in [4.78, 5) is 4.44. The smallest absolute Gasteiger partial charge is 0.221 e. The van der Waals surface area contributed by atoms with E-state index in [9.17, 15) is 0 Å². The maximum atomic E-state index is 5.73. The number of anilines is 1. The Morgan fingerprint density at radius 3 is 2.80 bits per heavy atom. The van der Waals surface area contributed by atoms with E-state index in [2.05, 4.69) is 43.1 Å². The van der Waals surface area contributed by atoms with E-state index in [4.69, 9.17) is 4.74 Å². The molecule has 1 N–H and O–H groups in total. The van der Waals surface area contributed by atoms with E-state index < -0.39 is 0 Å². The Hall–Kier alpha value is -2.04. The van der Waals surface area contributed by atoms with Crippen molar-refractivity contribution in [3.63, 3.8) is 0 Å². The Balaban J connectivity index is 2.07. The summed E-state index contributed by atoms with van der Waals surface area (Å²) in [6.07, 6.45) is 4.64. The first-order valence-corrected chi connectivity index (χ1v) is 6.92. The fraction of sp³-hybridized carbons (Fsp3) is 0.467. The molecule has 0 radical (unpaired) electrons. The van der Waals surface area contributed by atoms with Crippen LogP contribution in [0, 0.1) is 0 Å². The second kappa shape index (κ2) is 5.94. The summed E-state index contributed by atoms with van der Waals surface area (Å²) in [5, 5.41) is 7.55. The Morgan fingerprint density at radius 1 is 1.30 bits per heavy atom. The van der Waals surface area contributed by atoms with Crippen LogP contribution < -0.4 is 10.1 Å². The van der Waals surface area contributed by atoms with Crippen LogP contribution >= 0.6 is 0 Å². The fourth-order valence-electron chi connectivity index (χ4n) is 1.79. The highest BCUT2D eigenvalue weighted by Gasteiger charge is 2.11. The summed E-state index contributed by atoms with van der Waals surface area (Å²) in [5.41, 5.74) is -0.0301. The maximum Gasteiger partial charge on any atom is 0.221 e. The first-order chi connectivity index (χ1) is 9.46. The minimum atomic E-state index is -0.0301. The Labute approximate surface area is 120 Å². The zero-order valence-corrected chi connectivity index (χ0v) is 12.6. The van der Waals surface area contributed by atoms with Crippen molar-refractivity contribution in [3.05, 3.63) is 30.6 Å². The van der Waals surface area contributed by atoms with Gasteiger partial charge in [0.15, 0.2) is 5.75 Å². The quantitative estimate of drug-likeness (QED) is 0.903. The van der Waals surface area contributed by atoms with Gasteiger partial charge in [0.1, 0.15) is 5.82 Å². The van der Waals surface area contributed by atoms with Gasteiger partial charge in [-0.15, -0.1) is 0 Å². The van der Waals surface area contributed by atoms with E-state index in [1.807, 2.05) is 29.1 Å². The Bertz CT molecular complexity index is 557. The molecule has 0 aliphatic rings. The van der Waals surface area contributed by atoms with Gasteiger partial charge in [0.05, 0.1) is 12.4 Å². The van der Waals surface area contributed by atoms with Gasteiger partial charge < -0.3 is 10.1 Å². The molecule has 0 unspecified atom stereocenters. The molecule has 0 saturated heterocycles. The molecule has 0 bridgehead atoms. The van der Waals surface area contributed by atoms with Crippen LogP contribution in [0.1, 0.15) is 34.1 Å². The van der Waals surface area contributed by atoms with Crippen molar-refractivity contribution in [2.24, 2.45) is 0 Å². The van der Waals surface area contributed by atoms with Crippen LogP contribution in [0.4, 0.5) is 5.82 Å². The Morgan fingerprint density at radius 2 is 2.10 bits per heavy atom. The second-order valence-corrected chi connectivity index (χ2v) is 5.78. The van der Waals surface area contributed by atoms with E-state index in [1.54, 1.807) is 6.20 Å². The highest BCUT2D eigenvalue weighted by molar-refractivity contribution is 5.40. The number of aryl methyl sites for hydroxylation is 1. The van der Waals surface area contributed by atoms with Gasteiger partial charge in [-0.2, -0.15) is 10.1 Å². The number of rotatable bonds is 5. The third kappa shape index (κ3) is 4.26. The zero-order valence-electron chi connectivity index (χ0n) is 12.6. The summed E-state index contributed by atoms with van der Waals surface area (Å²) in [6.45, 7) is 9.29. The van der Waals surface area contributed by atoms with Gasteiger partial charge in [0.25, 0.3) is 0 Å². The van der Waals surface area contributed by atoms with Crippen molar-refractivity contribution >= 4 is 5.82 Å². The summed E-state index contributed by atoms with van der Waals surface area (Å²) >= 11 is 0. The van der Waals surface area contributed by atoms with Crippen LogP contribution in [-0.2, 0) is 6.54 Å². The van der Waals surface area contributed by atoms with Crippen LogP contribution in [0.3, 0.4) is 0 Å². The average Bonchev–Trinajstić information content (AvgIpc) is 2.75. The lowest BCUT2D eigenvalue weighted by atomic mass is 10.1. The number of nitrogens with one attached hydrogen (secondary N) is 1. The molecule has 2 aromatic heterocycles. The summed E-state index contributed by atoms with van der Waals surface area (Å²) in [6, 6.07) is 5.69. The van der Waals surface area contributed by atoms with Gasteiger partial charge in [-0.05, 0) is 33.3 Å². The summed E-state index contributed by atoms with van der Waals surface area (Å²) < 4.78 is 7.59. The molecule has 2 heterocycles. The van der Waals surface area contributed by atoms with Crippen LogP contribution in [0.25, 0.3) is 0 Å². The molecule has 0 amide bonds. The predicted octanol–water partition coefficient (Wildman–Crippen LogP) is 3.69. The molecule has 5 heteroatoms. The van der Waals surface area contributed by atoms with Crippen molar-refractivity contribution in [1.82, 2.24) is 14.8 Å². The van der Waals surface area contributed by atoms with Crippen molar-refractivity contribution in [2.45, 2.75) is 46.2 Å². The van der Waals surface area contributed by atoms with Gasteiger partial charge in [-0.3, -0.25) is 4.68 Å². The molecule has 0 aromatic carbocycles. The van der Waals surface area contributed by atoms with Crippen LogP contribution in [-0.4, -0.2) is 20.3 Å². The number of hydrogen-bond donors (Lipinski definition) is 1. The molecular formula is C15H22N4O. The van der Waals surface area contributed by atoms with Crippen molar-refractivity contribution in [2.75, 3.05) is 5.32 Å². The number of pyridine rings is 1. The molecule has 2 rings (SSSR count). The van der Waals surface area contributed by atoms with E-state index in [-0.39, 0.29) is 5.54 Å². The van der Waals surface area contributed by atoms with Gasteiger partial charge in [-0.1, -0.05) is 13.0 Å². The number of hydrogen-bond acceptors (Lipinski definition) is 4. The highest BCUT2D eigenvalue weighted by atomic mass is 16.5. The van der Waals surface area contributed by atoms with Gasteiger partial charge in [0, 0.05) is 18.2 Å². The predicted molar refractivity (Wildman–Crippen MR) is 80.2 cm³/mol.